The molecule has 0 bridgehead atoms. The van der Waals surface area contributed by atoms with E-state index in [-0.39, 0.29) is 5.79 Å². The summed E-state index contributed by atoms with van der Waals surface area (Å²) in [4.78, 5) is 11.6. The minimum Gasteiger partial charge on any atom is -0.356 e. The maximum absolute atomic E-state index is 5.82. The number of hydrogen-bond donors (Lipinski definition) is 1. The molecule has 1 aromatic heterocycles. The third-order valence-electron chi connectivity index (χ3n) is 5.12. The SMILES string of the molecule is CCc1ccc(Nc2nc(C)cc(N3CCC4(CC3)OCCO4)n2)cc1. The zero-order chi connectivity index (χ0) is 18.0. The molecule has 2 aliphatic rings. The van der Waals surface area contributed by atoms with Crippen LogP contribution in [0.3, 0.4) is 0 Å². The minimum absolute atomic E-state index is 0.360. The lowest BCUT2D eigenvalue weighted by atomic mass is 10.0. The third kappa shape index (κ3) is 3.66. The van der Waals surface area contributed by atoms with Gasteiger partial charge in [-0.1, -0.05) is 19.1 Å². The molecule has 0 amide bonds. The van der Waals surface area contributed by atoms with Gasteiger partial charge in [0.05, 0.1) is 13.2 Å². The Hall–Kier alpha value is -2.18. The van der Waals surface area contributed by atoms with Gasteiger partial charge in [0.2, 0.25) is 5.95 Å². The fraction of sp³-hybridized carbons (Fsp3) is 0.500. The van der Waals surface area contributed by atoms with Crippen LogP contribution in [0.25, 0.3) is 0 Å². The number of anilines is 3. The van der Waals surface area contributed by atoms with E-state index in [1.165, 1.54) is 5.56 Å². The number of rotatable bonds is 4. The predicted octanol–water partition coefficient (Wildman–Crippen LogP) is 3.43. The standard InChI is InChI=1S/C20H26N4O2/c1-3-16-4-6-17(7-5-16)22-19-21-15(2)14-18(23-19)24-10-8-20(9-11-24)25-12-13-26-20/h4-7,14H,3,8-13H2,1-2H3,(H,21,22,23). The average molecular weight is 354 g/mol. The van der Waals surface area contributed by atoms with Gasteiger partial charge in [-0.05, 0) is 31.0 Å². The zero-order valence-electron chi connectivity index (χ0n) is 15.5. The number of aromatic nitrogens is 2. The summed E-state index contributed by atoms with van der Waals surface area (Å²) in [5.41, 5.74) is 3.28. The molecule has 6 heteroatoms. The first kappa shape index (κ1) is 17.2. The lowest BCUT2D eigenvalue weighted by Crippen LogP contribution is -2.45. The van der Waals surface area contributed by atoms with Crippen LogP contribution >= 0.6 is 0 Å². The van der Waals surface area contributed by atoms with Gasteiger partial charge in [0.15, 0.2) is 5.79 Å². The van der Waals surface area contributed by atoms with Crippen LogP contribution in [0.2, 0.25) is 0 Å². The Morgan fingerprint density at radius 2 is 1.77 bits per heavy atom. The van der Waals surface area contributed by atoms with Crippen LogP contribution in [0.4, 0.5) is 17.5 Å². The van der Waals surface area contributed by atoms with E-state index in [1.807, 2.05) is 13.0 Å². The van der Waals surface area contributed by atoms with Crippen molar-refractivity contribution in [2.75, 3.05) is 36.5 Å². The van der Waals surface area contributed by atoms with Crippen molar-refractivity contribution < 1.29 is 9.47 Å². The molecule has 0 atom stereocenters. The van der Waals surface area contributed by atoms with E-state index in [0.29, 0.717) is 19.2 Å². The molecule has 2 saturated heterocycles. The number of benzene rings is 1. The molecule has 4 rings (SSSR count). The molecule has 0 unspecified atom stereocenters. The number of nitrogens with one attached hydrogen (secondary N) is 1. The molecule has 26 heavy (non-hydrogen) atoms. The molecule has 1 N–H and O–H groups in total. The monoisotopic (exact) mass is 354 g/mol. The van der Waals surface area contributed by atoms with Gasteiger partial charge in [0.1, 0.15) is 5.82 Å². The van der Waals surface area contributed by atoms with Crippen molar-refractivity contribution in [3.8, 4) is 0 Å². The van der Waals surface area contributed by atoms with Crippen molar-refractivity contribution in [1.29, 1.82) is 0 Å². The number of nitrogens with zero attached hydrogens (tertiary/aromatic N) is 3. The van der Waals surface area contributed by atoms with E-state index < -0.39 is 0 Å². The van der Waals surface area contributed by atoms with Crippen molar-refractivity contribution >= 4 is 17.5 Å². The van der Waals surface area contributed by atoms with Gasteiger partial charge < -0.3 is 19.7 Å². The molecule has 2 fully saturated rings. The summed E-state index contributed by atoms with van der Waals surface area (Å²) in [6, 6.07) is 10.4. The van der Waals surface area contributed by atoms with E-state index >= 15 is 0 Å². The summed E-state index contributed by atoms with van der Waals surface area (Å²) >= 11 is 0. The van der Waals surface area contributed by atoms with Gasteiger partial charge in [-0.25, -0.2) is 4.98 Å². The van der Waals surface area contributed by atoms with Gasteiger partial charge in [-0.15, -0.1) is 0 Å². The smallest absolute Gasteiger partial charge is 0.229 e. The van der Waals surface area contributed by atoms with Crippen molar-refractivity contribution in [3.05, 3.63) is 41.6 Å². The Bertz CT molecular complexity index is 747. The van der Waals surface area contributed by atoms with Crippen LogP contribution in [0, 0.1) is 6.92 Å². The van der Waals surface area contributed by atoms with E-state index in [0.717, 1.165) is 49.6 Å². The van der Waals surface area contributed by atoms with Crippen LogP contribution in [-0.4, -0.2) is 42.1 Å². The summed E-state index contributed by atoms with van der Waals surface area (Å²) in [5, 5.41) is 3.33. The number of piperidine rings is 1. The molecule has 0 aliphatic carbocycles. The summed E-state index contributed by atoms with van der Waals surface area (Å²) in [6.07, 6.45) is 2.78. The fourth-order valence-corrected chi connectivity index (χ4v) is 3.58. The van der Waals surface area contributed by atoms with E-state index in [1.54, 1.807) is 0 Å². The van der Waals surface area contributed by atoms with E-state index in [4.69, 9.17) is 14.5 Å². The zero-order valence-corrected chi connectivity index (χ0v) is 15.5. The first-order valence-corrected chi connectivity index (χ1v) is 9.40. The van der Waals surface area contributed by atoms with Crippen LogP contribution in [0.5, 0.6) is 0 Å². The second-order valence-corrected chi connectivity index (χ2v) is 6.96. The Kier molecular flexibility index (Phi) is 4.78. The highest BCUT2D eigenvalue weighted by Crippen LogP contribution is 2.33. The molecular formula is C20H26N4O2. The molecule has 138 valence electrons. The van der Waals surface area contributed by atoms with Crippen LogP contribution in [-0.2, 0) is 15.9 Å². The maximum Gasteiger partial charge on any atom is 0.229 e. The lowest BCUT2D eigenvalue weighted by molar-refractivity contribution is -0.169. The van der Waals surface area contributed by atoms with Crippen LogP contribution in [0.1, 0.15) is 31.0 Å². The second kappa shape index (κ2) is 7.21. The molecule has 2 aliphatic heterocycles. The molecule has 3 heterocycles. The largest absolute Gasteiger partial charge is 0.356 e. The van der Waals surface area contributed by atoms with Gasteiger partial charge in [0.25, 0.3) is 0 Å². The van der Waals surface area contributed by atoms with Gasteiger partial charge in [-0.2, -0.15) is 4.98 Å². The van der Waals surface area contributed by atoms with Crippen molar-refractivity contribution in [1.82, 2.24) is 9.97 Å². The lowest BCUT2D eigenvalue weighted by Gasteiger charge is -2.38. The van der Waals surface area contributed by atoms with Gasteiger partial charge >= 0.3 is 0 Å². The first-order valence-electron chi connectivity index (χ1n) is 9.40. The highest BCUT2D eigenvalue weighted by atomic mass is 16.7. The Labute approximate surface area is 154 Å². The van der Waals surface area contributed by atoms with Crippen molar-refractivity contribution in [2.24, 2.45) is 0 Å². The molecule has 0 saturated carbocycles. The van der Waals surface area contributed by atoms with Crippen LogP contribution < -0.4 is 10.2 Å². The summed E-state index contributed by atoms with van der Waals surface area (Å²) in [7, 11) is 0. The first-order chi connectivity index (χ1) is 12.7. The molecule has 1 aromatic carbocycles. The number of aryl methyl sites for hydroxylation is 2. The normalized spacial score (nSPS) is 19.1. The van der Waals surface area contributed by atoms with Crippen molar-refractivity contribution in [3.63, 3.8) is 0 Å². The average Bonchev–Trinajstić information content (AvgIpc) is 3.10. The fourth-order valence-electron chi connectivity index (χ4n) is 3.58. The summed E-state index contributed by atoms with van der Waals surface area (Å²) in [5.74, 6) is 1.23. The predicted molar refractivity (Wildman–Crippen MR) is 102 cm³/mol. The minimum atomic E-state index is -0.360. The topological polar surface area (TPSA) is 59.5 Å². The molecule has 2 aromatic rings. The number of hydrogen-bond acceptors (Lipinski definition) is 6. The highest BCUT2D eigenvalue weighted by molar-refractivity contribution is 5.56. The maximum atomic E-state index is 5.82. The van der Waals surface area contributed by atoms with E-state index in [2.05, 4.69) is 46.4 Å². The van der Waals surface area contributed by atoms with E-state index in [9.17, 15) is 0 Å². The molecule has 1 spiro atoms. The van der Waals surface area contributed by atoms with Crippen molar-refractivity contribution in [2.45, 2.75) is 38.9 Å². The Morgan fingerprint density at radius 3 is 2.42 bits per heavy atom. The quantitative estimate of drug-likeness (QED) is 0.908. The summed E-state index contributed by atoms with van der Waals surface area (Å²) in [6.45, 7) is 7.32. The third-order valence-corrected chi connectivity index (χ3v) is 5.12. The second-order valence-electron chi connectivity index (χ2n) is 6.96. The Balaban J connectivity index is 1.47. The van der Waals surface area contributed by atoms with Gasteiger partial charge in [0, 0.05) is 43.4 Å². The van der Waals surface area contributed by atoms with Crippen LogP contribution in [0.15, 0.2) is 30.3 Å². The number of ether oxygens (including phenoxy) is 2. The highest BCUT2D eigenvalue weighted by Gasteiger charge is 2.40. The molecule has 0 radical (unpaired) electrons. The molecular weight excluding hydrogens is 328 g/mol. The van der Waals surface area contributed by atoms with Gasteiger partial charge in [-0.3, -0.25) is 0 Å². The Morgan fingerprint density at radius 1 is 1.08 bits per heavy atom. The molecule has 6 nitrogen and oxygen atoms in total. The summed E-state index contributed by atoms with van der Waals surface area (Å²) < 4.78 is 11.6.